The van der Waals surface area contributed by atoms with Gasteiger partial charge in [0, 0.05) is 5.69 Å². The summed E-state index contributed by atoms with van der Waals surface area (Å²) in [6.45, 7) is 7.96. The maximum atomic E-state index is 12.4. The fourth-order valence-corrected chi connectivity index (χ4v) is 2.03. The van der Waals surface area contributed by atoms with Gasteiger partial charge in [-0.2, -0.15) is 0 Å². The molecule has 0 unspecified atom stereocenters. The van der Waals surface area contributed by atoms with Crippen molar-refractivity contribution in [2.75, 3.05) is 5.32 Å². The summed E-state index contributed by atoms with van der Waals surface area (Å²) in [5.74, 6) is 0.448. The number of amides is 1. The smallest absolute Gasteiger partial charge is 0.259 e. The minimum Gasteiger partial charge on any atom is -0.490 e. The fraction of sp³-hybridized carbons (Fsp3) is 0.278. The van der Waals surface area contributed by atoms with Gasteiger partial charge < -0.3 is 10.1 Å². The van der Waals surface area contributed by atoms with E-state index in [1.54, 1.807) is 6.07 Å². The van der Waals surface area contributed by atoms with E-state index >= 15 is 0 Å². The van der Waals surface area contributed by atoms with E-state index in [4.69, 9.17) is 4.74 Å². The molecule has 110 valence electrons. The monoisotopic (exact) mass is 283 g/mol. The number of carbonyl (C=O) groups is 1. The summed E-state index contributed by atoms with van der Waals surface area (Å²) in [4.78, 5) is 12.4. The minimum atomic E-state index is -0.158. The topological polar surface area (TPSA) is 38.3 Å². The molecule has 21 heavy (non-hydrogen) atoms. The SMILES string of the molecule is Cc1ccc(NC(=O)c2ccccc2OC(C)C)cc1C. The summed E-state index contributed by atoms with van der Waals surface area (Å²) in [6.07, 6.45) is 0.0283. The van der Waals surface area contributed by atoms with Crippen LogP contribution in [0, 0.1) is 13.8 Å². The molecule has 0 bridgehead atoms. The first-order valence-corrected chi connectivity index (χ1v) is 7.11. The van der Waals surface area contributed by atoms with Crippen LogP contribution in [0.15, 0.2) is 42.5 Å². The minimum absolute atomic E-state index is 0.0283. The summed E-state index contributed by atoms with van der Waals surface area (Å²) >= 11 is 0. The quantitative estimate of drug-likeness (QED) is 0.906. The lowest BCUT2D eigenvalue weighted by Gasteiger charge is -2.14. The van der Waals surface area contributed by atoms with Crippen LogP contribution in [0.3, 0.4) is 0 Å². The molecule has 0 aliphatic heterocycles. The molecule has 0 atom stereocenters. The van der Waals surface area contributed by atoms with Crippen molar-refractivity contribution in [1.29, 1.82) is 0 Å². The van der Waals surface area contributed by atoms with Crippen LogP contribution in [0.1, 0.15) is 35.3 Å². The van der Waals surface area contributed by atoms with Crippen LogP contribution < -0.4 is 10.1 Å². The van der Waals surface area contributed by atoms with Gasteiger partial charge in [0.1, 0.15) is 5.75 Å². The molecule has 2 aromatic carbocycles. The Kier molecular flexibility index (Phi) is 4.63. The maximum Gasteiger partial charge on any atom is 0.259 e. The Bertz CT molecular complexity index is 647. The van der Waals surface area contributed by atoms with E-state index in [0.717, 1.165) is 11.3 Å². The van der Waals surface area contributed by atoms with Crippen molar-refractivity contribution in [2.24, 2.45) is 0 Å². The van der Waals surface area contributed by atoms with E-state index in [1.165, 1.54) is 5.56 Å². The van der Waals surface area contributed by atoms with Gasteiger partial charge in [0.15, 0.2) is 0 Å². The highest BCUT2D eigenvalue weighted by molar-refractivity contribution is 6.06. The summed E-state index contributed by atoms with van der Waals surface area (Å²) in [5, 5.41) is 2.92. The summed E-state index contributed by atoms with van der Waals surface area (Å²) in [7, 11) is 0. The van der Waals surface area contributed by atoms with E-state index in [2.05, 4.69) is 5.32 Å². The number of aryl methyl sites for hydroxylation is 2. The molecule has 0 heterocycles. The molecule has 0 aliphatic rings. The molecule has 0 saturated heterocycles. The van der Waals surface area contributed by atoms with Crippen LogP contribution in [0.2, 0.25) is 0 Å². The Hall–Kier alpha value is -2.29. The molecular formula is C18H21NO2. The van der Waals surface area contributed by atoms with Crippen molar-refractivity contribution < 1.29 is 9.53 Å². The van der Waals surface area contributed by atoms with E-state index in [9.17, 15) is 4.79 Å². The molecule has 3 heteroatoms. The fourth-order valence-electron chi connectivity index (χ4n) is 2.03. The van der Waals surface area contributed by atoms with E-state index in [-0.39, 0.29) is 12.0 Å². The first-order chi connectivity index (χ1) is 9.97. The van der Waals surface area contributed by atoms with Crippen molar-refractivity contribution >= 4 is 11.6 Å². The zero-order valence-corrected chi connectivity index (χ0v) is 12.9. The molecule has 0 aromatic heterocycles. The first kappa shape index (κ1) is 15.1. The van der Waals surface area contributed by atoms with Crippen molar-refractivity contribution in [2.45, 2.75) is 33.8 Å². The van der Waals surface area contributed by atoms with Crippen molar-refractivity contribution in [3.8, 4) is 5.75 Å². The highest BCUT2D eigenvalue weighted by Gasteiger charge is 2.13. The normalized spacial score (nSPS) is 10.5. The Labute approximate surface area is 126 Å². The molecule has 2 rings (SSSR count). The highest BCUT2D eigenvalue weighted by Crippen LogP contribution is 2.21. The predicted molar refractivity (Wildman–Crippen MR) is 86.1 cm³/mol. The van der Waals surface area contributed by atoms with Crippen LogP contribution in [0.5, 0.6) is 5.75 Å². The molecule has 1 N–H and O–H groups in total. The number of benzene rings is 2. The lowest BCUT2D eigenvalue weighted by molar-refractivity contribution is 0.102. The first-order valence-electron chi connectivity index (χ1n) is 7.11. The standard InChI is InChI=1S/C18H21NO2/c1-12(2)21-17-8-6-5-7-16(17)18(20)19-15-10-9-13(3)14(4)11-15/h5-12H,1-4H3,(H,19,20). The summed E-state index contributed by atoms with van der Waals surface area (Å²) in [5.41, 5.74) is 3.70. The Morgan fingerprint density at radius 3 is 2.43 bits per heavy atom. The van der Waals surface area contributed by atoms with Crippen LogP contribution in [0.4, 0.5) is 5.69 Å². The summed E-state index contributed by atoms with van der Waals surface area (Å²) < 4.78 is 5.69. The van der Waals surface area contributed by atoms with Crippen LogP contribution in [-0.4, -0.2) is 12.0 Å². The lowest BCUT2D eigenvalue weighted by atomic mass is 10.1. The third-order valence-corrected chi connectivity index (χ3v) is 3.26. The van der Waals surface area contributed by atoms with Gasteiger partial charge >= 0.3 is 0 Å². The van der Waals surface area contributed by atoms with Crippen molar-refractivity contribution in [1.82, 2.24) is 0 Å². The van der Waals surface area contributed by atoms with Gasteiger partial charge in [0.2, 0.25) is 0 Å². The molecule has 0 saturated carbocycles. The third-order valence-electron chi connectivity index (χ3n) is 3.26. The molecule has 1 amide bonds. The predicted octanol–water partition coefficient (Wildman–Crippen LogP) is 4.34. The Morgan fingerprint density at radius 1 is 1.05 bits per heavy atom. The Morgan fingerprint density at radius 2 is 1.76 bits per heavy atom. The molecule has 2 aromatic rings. The largest absolute Gasteiger partial charge is 0.490 e. The van der Waals surface area contributed by atoms with Crippen molar-refractivity contribution in [3.05, 3.63) is 59.2 Å². The number of anilines is 1. The molecule has 0 radical (unpaired) electrons. The number of ether oxygens (including phenoxy) is 1. The third kappa shape index (κ3) is 3.85. The molecular weight excluding hydrogens is 262 g/mol. The van der Waals surface area contributed by atoms with Crippen LogP contribution >= 0.6 is 0 Å². The second-order valence-electron chi connectivity index (χ2n) is 5.42. The van der Waals surface area contributed by atoms with Crippen LogP contribution in [0.25, 0.3) is 0 Å². The van der Waals surface area contributed by atoms with E-state index in [0.29, 0.717) is 11.3 Å². The van der Waals surface area contributed by atoms with Crippen LogP contribution in [-0.2, 0) is 0 Å². The number of para-hydroxylation sites is 1. The van der Waals surface area contributed by atoms with Gasteiger partial charge in [0.25, 0.3) is 5.91 Å². The van der Waals surface area contributed by atoms with Gasteiger partial charge in [0.05, 0.1) is 11.7 Å². The van der Waals surface area contributed by atoms with Gasteiger partial charge in [-0.25, -0.2) is 0 Å². The zero-order valence-electron chi connectivity index (χ0n) is 12.9. The van der Waals surface area contributed by atoms with E-state index < -0.39 is 0 Å². The van der Waals surface area contributed by atoms with Gasteiger partial charge in [-0.3, -0.25) is 4.79 Å². The van der Waals surface area contributed by atoms with Gasteiger partial charge in [-0.05, 0) is 63.1 Å². The van der Waals surface area contributed by atoms with Gasteiger partial charge in [-0.1, -0.05) is 18.2 Å². The summed E-state index contributed by atoms with van der Waals surface area (Å²) in [6, 6.07) is 13.2. The average molecular weight is 283 g/mol. The maximum absolute atomic E-state index is 12.4. The lowest BCUT2D eigenvalue weighted by Crippen LogP contribution is -2.15. The number of nitrogens with one attached hydrogen (secondary N) is 1. The molecule has 0 aliphatic carbocycles. The molecule has 0 fully saturated rings. The number of hydrogen-bond donors (Lipinski definition) is 1. The zero-order chi connectivity index (χ0) is 15.4. The second-order valence-corrected chi connectivity index (χ2v) is 5.42. The average Bonchev–Trinajstić information content (AvgIpc) is 2.43. The van der Waals surface area contributed by atoms with Crippen molar-refractivity contribution in [3.63, 3.8) is 0 Å². The Balaban J connectivity index is 2.22. The molecule has 0 spiro atoms. The number of carbonyl (C=O) groups excluding carboxylic acids is 1. The van der Waals surface area contributed by atoms with E-state index in [1.807, 2.05) is 64.1 Å². The second kappa shape index (κ2) is 6.44. The number of rotatable bonds is 4. The number of hydrogen-bond acceptors (Lipinski definition) is 2. The van der Waals surface area contributed by atoms with Gasteiger partial charge in [-0.15, -0.1) is 0 Å². The molecule has 3 nitrogen and oxygen atoms in total. The highest BCUT2D eigenvalue weighted by atomic mass is 16.5.